The Kier molecular flexibility index (Phi) is 10.4. The molecule has 0 aromatic heterocycles. The number of nitrogens with two attached hydrogens (primary N) is 1. The molecule has 3 N–H and O–H groups in total. The molecule has 1 aliphatic rings. The molecule has 1 aliphatic carbocycles. The van der Waals surface area contributed by atoms with Gasteiger partial charge in [-0.25, -0.2) is 0 Å². The summed E-state index contributed by atoms with van der Waals surface area (Å²) in [7, 11) is 1.56. The number of carbonyl (C=O) groups is 1. The van der Waals surface area contributed by atoms with E-state index in [-0.39, 0.29) is 32.7 Å². The Morgan fingerprint density at radius 2 is 1.94 bits per heavy atom. The Hall–Kier alpha value is -0.0261. The van der Waals surface area contributed by atoms with Crippen LogP contribution in [0.3, 0.4) is 0 Å². The summed E-state index contributed by atoms with van der Waals surface area (Å²) in [6.07, 6.45) is 2.58. The maximum absolute atomic E-state index is 10.9. The predicted molar refractivity (Wildman–Crippen MR) is 61.5 cm³/mol. The van der Waals surface area contributed by atoms with Gasteiger partial charge in [-0.1, -0.05) is 32.0 Å². The molecular formula is C11H19N2O2Y-. The molecule has 0 fully saturated rings. The molecule has 5 heteroatoms. The van der Waals surface area contributed by atoms with Crippen LogP contribution in [-0.4, -0.2) is 30.2 Å². The minimum atomic E-state index is -0.725. The van der Waals surface area contributed by atoms with Crippen LogP contribution in [0.5, 0.6) is 0 Å². The van der Waals surface area contributed by atoms with Crippen molar-refractivity contribution in [1.82, 2.24) is 0 Å². The van der Waals surface area contributed by atoms with E-state index >= 15 is 0 Å². The SMILES string of the molecule is CC.C[N-]C1C(C(N)=O)=CC=C(C)C1O.[Y]. The van der Waals surface area contributed by atoms with E-state index in [9.17, 15) is 9.90 Å². The molecule has 0 aromatic carbocycles. The van der Waals surface area contributed by atoms with Crippen molar-refractivity contribution in [3.63, 3.8) is 0 Å². The third-order valence-electron chi connectivity index (χ3n) is 2.17. The second-order valence-corrected chi connectivity index (χ2v) is 3.04. The number of hydrogen-bond donors (Lipinski definition) is 2. The predicted octanol–water partition coefficient (Wildman–Crippen LogP) is 1.11. The standard InChI is InChI=1S/C9H13N2O2.C2H6.Y/c1-5-3-4-6(9(10)13)7(11-2)8(5)12;1-2;/h3-4,7-8,12H,1-2H3,(H2,10,13);1-2H3;/q-1;;. The van der Waals surface area contributed by atoms with Crippen LogP contribution in [0.4, 0.5) is 0 Å². The smallest absolute Gasteiger partial charge is 0.243 e. The number of aliphatic hydroxyl groups is 1. The van der Waals surface area contributed by atoms with Crippen LogP contribution >= 0.6 is 0 Å². The zero-order valence-corrected chi connectivity index (χ0v) is 13.1. The average molecular weight is 300 g/mol. The number of amides is 1. The summed E-state index contributed by atoms with van der Waals surface area (Å²) in [5.74, 6) is -0.529. The third-order valence-corrected chi connectivity index (χ3v) is 2.17. The van der Waals surface area contributed by atoms with Crippen molar-refractivity contribution in [1.29, 1.82) is 0 Å². The van der Waals surface area contributed by atoms with Crippen molar-refractivity contribution in [3.8, 4) is 0 Å². The molecule has 0 spiro atoms. The van der Waals surface area contributed by atoms with Crippen molar-refractivity contribution in [2.75, 3.05) is 7.05 Å². The van der Waals surface area contributed by atoms with Crippen LogP contribution in [0.25, 0.3) is 5.32 Å². The van der Waals surface area contributed by atoms with Crippen LogP contribution in [0, 0.1) is 0 Å². The van der Waals surface area contributed by atoms with Gasteiger partial charge in [0.1, 0.15) is 0 Å². The number of carbonyl (C=O) groups excluding carboxylic acids is 1. The first-order valence-corrected chi connectivity index (χ1v) is 5.03. The molecule has 0 saturated heterocycles. The Balaban J connectivity index is 0. The van der Waals surface area contributed by atoms with Gasteiger partial charge < -0.3 is 16.2 Å². The van der Waals surface area contributed by atoms with E-state index in [1.807, 2.05) is 13.8 Å². The van der Waals surface area contributed by atoms with Gasteiger partial charge in [-0.15, -0.1) is 0 Å². The topological polar surface area (TPSA) is 77.4 Å². The average Bonchev–Trinajstić information content (AvgIpc) is 2.24. The van der Waals surface area contributed by atoms with Gasteiger partial charge in [0, 0.05) is 38.3 Å². The third kappa shape index (κ3) is 4.46. The van der Waals surface area contributed by atoms with Crippen molar-refractivity contribution < 1.29 is 42.6 Å². The van der Waals surface area contributed by atoms with E-state index in [4.69, 9.17) is 5.73 Å². The van der Waals surface area contributed by atoms with Crippen LogP contribution in [0.15, 0.2) is 23.3 Å². The normalized spacial score (nSPS) is 23.1. The maximum Gasteiger partial charge on any atom is 0.243 e. The molecule has 0 bridgehead atoms. The Bertz CT molecular complexity index is 288. The van der Waals surface area contributed by atoms with Gasteiger partial charge >= 0.3 is 0 Å². The number of nitrogens with zero attached hydrogens (tertiary/aromatic N) is 1. The van der Waals surface area contributed by atoms with Crippen LogP contribution < -0.4 is 5.73 Å². The fourth-order valence-electron chi connectivity index (χ4n) is 1.35. The van der Waals surface area contributed by atoms with Crippen molar-refractivity contribution in [2.24, 2.45) is 5.73 Å². The van der Waals surface area contributed by atoms with Gasteiger partial charge in [-0.05, 0) is 12.5 Å². The molecule has 89 valence electrons. The minimum absolute atomic E-state index is 0. The molecule has 2 unspecified atom stereocenters. The summed E-state index contributed by atoms with van der Waals surface area (Å²) in [5.41, 5.74) is 6.29. The van der Waals surface area contributed by atoms with E-state index < -0.39 is 18.1 Å². The summed E-state index contributed by atoms with van der Waals surface area (Å²) < 4.78 is 0. The molecule has 0 aliphatic heterocycles. The van der Waals surface area contributed by atoms with Gasteiger partial charge in [0.15, 0.2) is 0 Å². The Morgan fingerprint density at radius 1 is 1.44 bits per heavy atom. The van der Waals surface area contributed by atoms with Crippen molar-refractivity contribution in [2.45, 2.75) is 32.9 Å². The van der Waals surface area contributed by atoms with Crippen LogP contribution in [0.1, 0.15) is 20.8 Å². The second-order valence-electron chi connectivity index (χ2n) is 3.04. The first-order valence-electron chi connectivity index (χ1n) is 5.03. The van der Waals surface area contributed by atoms with E-state index in [1.54, 1.807) is 26.1 Å². The molecular weight excluding hydrogens is 281 g/mol. The van der Waals surface area contributed by atoms with Crippen molar-refractivity contribution >= 4 is 5.91 Å². The minimum Gasteiger partial charge on any atom is -0.656 e. The Labute approximate surface area is 122 Å². The summed E-state index contributed by atoms with van der Waals surface area (Å²) in [5, 5.41) is 13.6. The van der Waals surface area contributed by atoms with Crippen LogP contribution in [0.2, 0.25) is 0 Å². The fraction of sp³-hybridized carbons (Fsp3) is 0.545. The fourth-order valence-corrected chi connectivity index (χ4v) is 1.35. The number of aliphatic hydroxyl groups excluding tert-OH is 1. The molecule has 4 nitrogen and oxygen atoms in total. The summed E-state index contributed by atoms with van der Waals surface area (Å²) in [6.45, 7) is 5.79. The first kappa shape index (κ1) is 18.3. The largest absolute Gasteiger partial charge is 0.656 e. The zero-order chi connectivity index (χ0) is 12.0. The number of rotatable bonds is 2. The second kappa shape index (κ2) is 9.05. The number of likely N-dealkylation sites (N-methyl/N-ethyl adjacent to an activating group) is 1. The van der Waals surface area contributed by atoms with Gasteiger partial charge in [0.25, 0.3) is 0 Å². The van der Waals surface area contributed by atoms with E-state index in [2.05, 4.69) is 5.32 Å². The quantitative estimate of drug-likeness (QED) is 0.801. The van der Waals surface area contributed by atoms with E-state index in [1.165, 1.54) is 0 Å². The molecule has 0 heterocycles. The van der Waals surface area contributed by atoms with E-state index in [0.717, 1.165) is 5.57 Å². The summed E-state index contributed by atoms with van der Waals surface area (Å²) in [4.78, 5) is 10.9. The first-order chi connectivity index (χ1) is 7.07. The summed E-state index contributed by atoms with van der Waals surface area (Å²) >= 11 is 0. The van der Waals surface area contributed by atoms with Gasteiger partial charge in [-0.3, -0.25) is 4.79 Å². The van der Waals surface area contributed by atoms with Gasteiger partial charge in [0.05, 0.1) is 6.10 Å². The molecule has 1 amide bonds. The molecule has 0 saturated carbocycles. The molecule has 0 aromatic rings. The monoisotopic (exact) mass is 300 g/mol. The van der Waals surface area contributed by atoms with Crippen LogP contribution in [-0.2, 0) is 37.5 Å². The van der Waals surface area contributed by atoms with Crippen molar-refractivity contribution in [3.05, 3.63) is 28.6 Å². The molecule has 1 rings (SSSR count). The molecule has 1 radical (unpaired) electrons. The molecule has 16 heavy (non-hydrogen) atoms. The number of primary amides is 1. The van der Waals surface area contributed by atoms with Gasteiger partial charge in [0.2, 0.25) is 5.91 Å². The maximum atomic E-state index is 10.9. The number of hydrogen-bond acceptors (Lipinski definition) is 2. The summed E-state index contributed by atoms with van der Waals surface area (Å²) in [6, 6.07) is -0.512. The molecule has 2 atom stereocenters. The van der Waals surface area contributed by atoms with E-state index in [0.29, 0.717) is 5.57 Å². The Morgan fingerprint density at radius 3 is 2.31 bits per heavy atom. The van der Waals surface area contributed by atoms with Gasteiger partial charge in [-0.2, -0.15) is 7.05 Å². The zero-order valence-electron chi connectivity index (χ0n) is 10.3. The number of allylic oxidation sites excluding steroid dienone is 2.